The van der Waals surface area contributed by atoms with E-state index in [1.807, 2.05) is 4.90 Å². The zero-order valence-corrected chi connectivity index (χ0v) is 17.4. The minimum Gasteiger partial charge on any atom is -0.497 e. The number of benzene rings is 1. The second-order valence-corrected chi connectivity index (χ2v) is 8.73. The molecule has 0 aromatic heterocycles. The first-order chi connectivity index (χ1) is 14.0. The van der Waals surface area contributed by atoms with Crippen molar-refractivity contribution in [3.63, 3.8) is 0 Å². The van der Waals surface area contributed by atoms with Crippen LogP contribution in [0, 0.1) is 5.41 Å². The Morgan fingerprint density at radius 3 is 2.45 bits per heavy atom. The van der Waals surface area contributed by atoms with Crippen molar-refractivity contribution in [2.75, 3.05) is 53.6 Å². The Morgan fingerprint density at radius 1 is 1.17 bits per heavy atom. The van der Waals surface area contributed by atoms with Crippen LogP contribution in [-0.4, -0.2) is 86.6 Å². The van der Waals surface area contributed by atoms with Crippen molar-refractivity contribution in [1.29, 1.82) is 0 Å². The summed E-state index contributed by atoms with van der Waals surface area (Å²) in [5.41, 5.74) is 0.788. The van der Waals surface area contributed by atoms with Gasteiger partial charge in [0.2, 0.25) is 0 Å². The Morgan fingerprint density at radius 2 is 1.86 bits per heavy atom. The summed E-state index contributed by atoms with van der Waals surface area (Å²) >= 11 is 0. The fourth-order valence-corrected chi connectivity index (χ4v) is 4.92. The normalized spacial score (nSPS) is 26.8. The summed E-state index contributed by atoms with van der Waals surface area (Å²) in [5, 5.41) is 9.72. The monoisotopic (exact) mass is 404 g/mol. The zero-order valence-electron chi connectivity index (χ0n) is 17.4. The lowest BCUT2D eigenvalue weighted by Gasteiger charge is -2.38. The molecule has 1 amide bonds. The molecule has 160 valence electrons. The van der Waals surface area contributed by atoms with Crippen LogP contribution in [0.25, 0.3) is 0 Å². The molecule has 1 aromatic carbocycles. The van der Waals surface area contributed by atoms with Crippen LogP contribution in [0.15, 0.2) is 18.2 Å². The average molecular weight is 405 g/mol. The predicted molar refractivity (Wildman–Crippen MR) is 109 cm³/mol. The molecule has 2 atom stereocenters. The first-order valence-corrected chi connectivity index (χ1v) is 10.5. The molecule has 0 aliphatic carbocycles. The first-order valence-electron chi connectivity index (χ1n) is 10.5. The van der Waals surface area contributed by atoms with E-state index in [1.165, 1.54) is 0 Å². The number of aliphatic hydroxyl groups is 1. The Labute approximate surface area is 172 Å². The molecular weight excluding hydrogens is 372 g/mol. The maximum Gasteiger partial charge on any atom is 0.254 e. The van der Waals surface area contributed by atoms with Gasteiger partial charge in [-0.1, -0.05) is 0 Å². The highest BCUT2D eigenvalue weighted by molar-refractivity contribution is 5.95. The number of nitrogens with zero attached hydrogens (tertiary/aromatic N) is 2. The SMILES string of the molecule is COc1cc(OC)cc(C(=O)N2CCC3(CC2)CO[C@@H](CN2CC[C@H](O)C2)C3)c1. The molecule has 0 unspecified atom stereocenters. The summed E-state index contributed by atoms with van der Waals surface area (Å²) < 4.78 is 16.7. The molecule has 3 aliphatic heterocycles. The number of aliphatic hydroxyl groups excluding tert-OH is 1. The molecule has 29 heavy (non-hydrogen) atoms. The molecule has 0 radical (unpaired) electrons. The Bertz CT molecular complexity index is 710. The largest absolute Gasteiger partial charge is 0.497 e. The third kappa shape index (κ3) is 4.52. The molecule has 3 aliphatic rings. The lowest BCUT2D eigenvalue weighted by atomic mass is 9.76. The number of β-amino-alcohol motifs (C(OH)–C–C–N with tert-alkyl or cyclic N) is 1. The fourth-order valence-electron chi connectivity index (χ4n) is 4.92. The lowest BCUT2D eigenvalue weighted by molar-refractivity contribution is 0.0451. The number of likely N-dealkylation sites (tertiary alicyclic amines) is 2. The third-order valence-corrected chi connectivity index (χ3v) is 6.70. The van der Waals surface area contributed by atoms with Gasteiger partial charge in [-0.15, -0.1) is 0 Å². The van der Waals surface area contributed by atoms with Gasteiger partial charge >= 0.3 is 0 Å². The highest BCUT2D eigenvalue weighted by Crippen LogP contribution is 2.42. The minimum absolute atomic E-state index is 0.0265. The van der Waals surface area contributed by atoms with E-state index >= 15 is 0 Å². The summed E-state index contributed by atoms with van der Waals surface area (Å²) in [6, 6.07) is 5.32. The van der Waals surface area contributed by atoms with Gasteiger partial charge in [0.25, 0.3) is 5.91 Å². The van der Waals surface area contributed by atoms with Crippen LogP contribution in [-0.2, 0) is 4.74 Å². The topological polar surface area (TPSA) is 71.5 Å². The highest BCUT2D eigenvalue weighted by atomic mass is 16.5. The molecule has 1 N–H and O–H groups in total. The molecule has 1 spiro atoms. The maximum absolute atomic E-state index is 13.0. The Balaban J connectivity index is 1.33. The van der Waals surface area contributed by atoms with Crippen molar-refractivity contribution >= 4 is 5.91 Å². The summed E-state index contributed by atoms with van der Waals surface area (Å²) in [6.07, 6.45) is 3.91. The van der Waals surface area contributed by atoms with Crippen molar-refractivity contribution in [2.45, 2.75) is 37.9 Å². The van der Waals surface area contributed by atoms with Gasteiger partial charge in [0.15, 0.2) is 0 Å². The van der Waals surface area contributed by atoms with Gasteiger partial charge in [-0.2, -0.15) is 0 Å². The number of rotatable bonds is 5. The average Bonchev–Trinajstić information content (AvgIpc) is 3.33. The van der Waals surface area contributed by atoms with Crippen LogP contribution < -0.4 is 9.47 Å². The van der Waals surface area contributed by atoms with Crippen LogP contribution in [0.5, 0.6) is 11.5 Å². The molecule has 4 rings (SSSR count). The van der Waals surface area contributed by atoms with E-state index in [2.05, 4.69) is 4.90 Å². The highest BCUT2D eigenvalue weighted by Gasteiger charge is 2.43. The van der Waals surface area contributed by atoms with Gasteiger partial charge in [-0.25, -0.2) is 0 Å². The molecule has 1 aromatic rings. The molecule has 7 nitrogen and oxygen atoms in total. The predicted octanol–water partition coefficient (Wildman–Crippen LogP) is 1.78. The van der Waals surface area contributed by atoms with E-state index in [-0.39, 0.29) is 23.5 Å². The standard InChI is InChI=1S/C22H32N2O5/c1-27-18-9-16(10-19(11-18)28-2)21(26)24-7-4-22(5-8-24)12-20(29-15-22)14-23-6-3-17(25)13-23/h9-11,17,20,25H,3-8,12-15H2,1-2H3/t17-,20+/m0/s1. The number of hydrogen-bond donors (Lipinski definition) is 1. The van der Waals surface area contributed by atoms with Gasteiger partial charge in [-0.05, 0) is 43.2 Å². The van der Waals surface area contributed by atoms with Gasteiger partial charge in [0.05, 0.1) is 33.0 Å². The second-order valence-electron chi connectivity index (χ2n) is 8.73. The van der Waals surface area contributed by atoms with Crippen molar-refractivity contribution in [3.05, 3.63) is 23.8 Å². The quantitative estimate of drug-likeness (QED) is 0.807. The smallest absolute Gasteiger partial charge is 0.254 e. The molecule has 0 bridgehead atoms. The summed E-state index contributed by atoms with van der Waals surface area (Å²) in [4.78, 5) is 17.3. The fraction of sp³-hybridized carbons (Fsp3) is 0.682. The molecule has 3 saturated heterocycles. The van der Waals surface area contributed by atoms with E-state index in [9.17, 15) is 9.90 Å². The van der Waals surface area contributed by atoms with Crippen LogP contribution in [0.4, 0.5) is 0 Å². The molecular formula is C22H32N2O5. The summed E-state index contributed by atoms with van der Waals surface area (Å²) in [6.45, 7) is 4.90. The van der Waals surface area contributed by atoms with Crippen LogP contribution in [0.1, 0.15) is 36.0 Å². The number of carbonyl (C=O) groups excluding carboxylic acids is 1. The van der Waals surface area contributed by atoms with E-state index < -0.39 is 0 Å². The van der Waals surface area contributed by atoms with Gasteiger partial charge in [0, 0.05) is 44.4 Å². The molecule has 3 heterocycles. The first kappa shape index (κ1) is 20.4. The number of hydrogen-bond acceptors (Lipinski definition) is 6. The zero-order chi connectivity index (χ0) is 20.4. The van der Waals surface area contributed by atoms with E-state index in [1.54, 1.807) is 32.4 Å². The van der Waals surface area contributed by atoms with E-state index in [0.717, 1.165) is 65.0 Å². The summed E-state index contributed by atoms with van der Waals surface area (Å²) in [7, 11) is 3.18. The third-order valence-electron chi connectivity index (χ3n) is 6.70. The number of methoxy groups -OCH3 is 2. The van der Waals surface area contributed by atoms with E-state index in [0.29, 0.717) is 17.1 Å². The minimum atomic E-state index is -0.185. The van der Waals surface area contributed by atoms with Crippen molar-refractivity contribution in [3.8, 4) is 11.5 Å². The van der Waals surface area contributed by atoms with E-state index in [4.69, 9.17) is 14.2 Å². The number of carbonyl (C=O) groups is 1. The number of piperidine rings is 1. The number of ether oxygens (including phenoxy) is 3. The molecule has 3 fully saturated rings. The van der Waals surface area contributed by atoms with Crippen LogP contribution in [0.3, 0.4) is 0 Å². The molecule has 0 saturated carbocycles. The number of amides is 1. The van der Waals surface area contributed by atoms with Crippen molar-refractivity contribution < 1.29 is 24.1 Å². The summed E-state index contributed by atoms with van der Waals surface area (Å²) in [5.74, 6) is 1.28. The maximum atomic E-state index is 13.0. The van der Waals surface area contributed by atoms with Crippen LogP contribution in [0.2, 0.25) is 0 Å². The van der Waals surface area contributed by atoms with Crippen molar-refractivity contribution in [2.24, 2.45) is 5.41 Å². The lowest BCUT2D eigenvalue weighted by Crippen LogP contribution is -2.43. The van der Waals surface area contributed by atoms with Crippen molar-refractivity contribution in [1.82, 2.24) is 9.80 Å². The molecule has 7 heteroatoms. The van der Waals surface area contributed by atoms with Crippen LogP contribution >= 0.6 is 0 Å². The van der Waals surface area contributed by atoms with Gasteiger partial charge in [0.1, 0.15) is 11.5 Å². The van der Waals surface area contributed by atoms with Gasteiger partial charge in [-0.3, -0.25) is 9.69 Å². The van der Waals surface area contributed by atoms with Gasteiger partial charge < -0.3 is 24.2 Å². The Hall–Kier alpha value is -1.83. The second kappa shape index (κ2) is 8.50. The Kier molecular flexibility index (Phi) is 5.99.